The van der Waals surface area contributed by atoms with Crippen LogP contribution in [-0.2, 0) is 12.2 Å². The van der Waals surface area contributed by atoms with E-state index >= 15 is 0 Å². The van der Waals surface area contributed by atoms with Crippen molar-refractivity contribution in [2.75, 3.05) is 12.3 Å². The van der Waals surface area contributed by atoms with E-state index in [1.807, 2.05) is 11.3 Å². The van der Waals surface area contributed by atoms with E-state index in [1.165, 1.54) is 33.2 Å². The summed E-state index contributed by atoms with van der Waals surface area (Å²) in [4.78, 5) is 4.39. The Morgan fingerprint density at radius 3 is 2.76 bits per heavy atom. The van der Waals surface area contributed by atoms with Gasteiger partial charge in [-0.3, -0.25) is 0 Å². The minimum absolute atomic E-state index is 0.307. The molecule has 1 N–H and O–H groups in total. The van der Waals surface area contributed by atoms with Crippen molar-refractivity contribution in [1.82, 2.24) is 5.32 Å². The molecule has 1 aliphatic rings. The third-order valence-corrected chi connectivity index (χ3v) is 7.62. The quantitative estimate of drug-likeness (QED) is 0.742. The van der Waals surface area contributed by atoms with Crippen molar-refractivity contribution in [2.24, 2.45) is 0 Å². The van der Waals surface area contributed by atoms with Crippen molar-refractivity contribution >= 4 is 46.0 Å². The van der Waals surface area contributed by atoms with Gasteiger partial charge in [0, 0.05) is 20.4 Å². The molecule has 1 aliphatic heterocycles. The first kappa shape index (κ1) is 15.9. The number of hydrogen-bond donors (Lipinski definition) is 1. The van der Waals surface area contributed by atoms with Crippen LogP contribution in [0.15, 0.2) is 12.1 Å². The van der Waals surface area contributed by atoms with Crippen molar-refractivity contribution in [1.29, 1.82) is 0 Å². The second-order valence-electron chi connectivity index (χ2n) is 5.39. The van der Waals surface area contributed by atoms with Crippen molar-refractivity contribution in [3.05, 3.63) is 42.2 Å². The molecule has 0 amide bonds. The van der Waals surface area contributed by atoms with Crippen molar-refractivity contribution < 1.29 is 0 Å². The van der Waals surface area contributed by atoms with Gasteiger partial charge in [0.1, 0.15) is 0 Å². The molecular weight excluding hydrogens is 338 g/mol. The van der Waals surface area contributed by atoms with Crippen molar-refractivity contribution in [3.63, 3.8) is 0 Å². The Morgan fingerprint density at radius 2 is 2.10 bits per heavy atom. The highest BCUT2D eigenvalue weighted by Gasteiger charge is 2.22. The van der Waals surface area contributed by atoms with Gasteiger partial charge in [0.05, 0.1) is 10.4 Å². The number of aryl methyl sites for hydroxylation is 2. The Balaban J connectivity index is 1.92. The summed E-state index contributed by atoms with van der Waals surface area (Å²) >= 11 is 12.0. The fourth-order valence-corrected chi connectivity index (χ4v) is 6.43. The summed E-state index contributed by atoms with van der Waals surface area (Å²) in [7, 11) is 0. The SMILES string of the molecule is CCCNC(c1cc(C)c(Cl)s1)c1cc2c(s1)CCSC2. The van der Waals surface area contributed by atoms with Gasteiger partial charge in [-0.2, -0.15) is 11.8 Å². The predicted molar refractivity (Wildman–Crippen MR) is 98.4 cm³/mol. The van der Waals surface area contributed by atoms with Gasteiger partial charge < -0.3 is 5.32 Å². The smallest absolute Gasteiger partial charge is 0.0961 e. The average molecular weight is 358 g/mol. The highest BCUT2D eigenvalue weighted by atomic mass is 35.5. The minimum Gasteiger partial charge on any atom is -0.305 e. The minimum atomic E-state index is 0.307. The van der Waals surface area contributed by atoms with Crippen LogP contribution in [0.2, 0.25) is 4.34 Å². The van der Waals surface area contributed by atoms with E-state index in [0.29, 0.717) is 6.04 Å². The molecule has 0 bridgehead atoms. The summed E-state index contributed by atoms with van der Waals surface area (Å²) in [5.74, 6) is 2.44. The lowest BCUT2D eigenvalue weighted by molar-refractivity contribution is 0.613. The third kappa shape index (κ3) is 3.50. The number of thioether (sulfide) groups is 1. The normalized spacial score (nSPS) is 16.0. The Hall–Kier alpha value is -0.000000000000000111. The van der Waals surface area contributed by atoms with Crippen molar-refractivity contribution in [3.8, 4) is 0 Å². The van der Waals surface area contributed by atoms with E-state index in [1.54, 1.807) is 21.8 Å². The van der Waals surface area contributed by atoms with E-state index in [0.717, 1.165) is 17.3 Å². The molecule has 0 spiro atoms. The van der Waals surface area contributed by atoms with E-state index < -0.39 is 0 Å². The molecule has 0 aliphatic carbocycles. The standard InChI is InChI=1S/C16H20ClNS3/c1-3-5-18-15(13-7-10(2)16(17)21-13)14-8-11-9-19-6-4-12(11)20-14/h7-8,15,18H,3-6,9H2,1-2H3. The topological polar surface area (TPSA) is 12.0 Å². The van der Waals surface area contributed by atoms with Gasteiger partial charge in [-0.15, -0.1) is 22.7 Å². The zero-order chi connectivity index (χ0) is 14.8. The van der Waals surface area contributed by atoms with Crippen LogP contribution >= 0.6 is 46.0 Å². The number of halogens is 1. The molecule has 2 aromatic heterocycles. The highest BCUT2D eigenvalue weighted by molar-refractivity contribution is 7.98. The lowest BCUT2D eigenvalue weighted by Crippen LogP contribution is -2.21. The molecule has 3 heterocycles. The monoisotopic (exact) mass is 357 g/mol. The van der Waals surface area contributed by atoms with E-state index in [2.05, 4.69) is 43.1 Å². The maximum Gasteiger partial charge on any atom is 0.0961 e. The zero-order valence-electron chi connectivity index (χ0n) is 12.4. The fraction of sp³-hybridized carbons (Fsp3) is 0.500. The summed E-state index contributed by atoms with van der Waals surface area (Å²) in [6.45, 7) is 5.35. The van der Waals surface area contributed by atoms with Crippen molar-refractivity contribution in [2.45, 2.75) is 38.5 Å². The molecule has 1 nitrogen and oxygen atoms in total. The van der Waals surface area contributed by atoms with Gasteiger partial charge in [0.15, 0.2) is 0 Å². The fourth-order valence-electron chi connectivity index (χ4n) is 2.57. The lowest BCUT2D eigenvalue weighted by Gasteiger charge is -2.15. The molecule has 5 heteroatoms. The van der Waals surface area contributed by atoms with Crippen LogP contribution in [0.5, 0.6) is 0 Å². The molecule has 114 valence electrons. The molecule has 0 fully saturated rings. The highest BCUT2D eigenvalue weighted by Crippen LogP contribution is 2.40. The van der Waals surface area contributed by atoms with Gasteiger partial charge in [0.25, 0.3) is 0 Å². The van der Waals surface area contributed by atoms with Gasteiger partial charge in [-0.25, -0.2) is 0 Å². The van der Waals surface area contributed by atoms with Crippen LogP contribution < -0.4 is 5.32 Å². The molecule has 1 unspecified atom stereocenters. The first-order chi connectivity index (χ1) is 10.2. The molecule has 3 rings (SSSR count). The van der Waals surface area contributed by atoms with Crippen LogP contribution in [0.3, 0.4) is 0 Å². The summed E-state index contributed by atoms with van der Waals surface area (Å²) in [5, 5.41) is 3.71. The number of fused-ring (bicyclic) bond motifs is 1. The molecule has 0 radical (unpaired) electrons. The molecule has 21 heavy (non-hydrogen) atoms. The largest absolute Gasteiger partial charge is 0.305 e. The molecule has 0 aromatic carbocycles. The second kappa shape index (κ2) is 7.05. The maximum absolute atomic E-state index is 6.29. The Labute approximate surface area is 144 Å². The molecule has 1 atom stereocenters. The summed E-state index contributed by atoms with van der Waals surface area (Å²) in [6, 6.07) is 4.97. The van der Waals surface area contributed by atoms with Gasteiger partial charge in [-0.1, -0.05) is 18.5 Å². The maximum atomic E-state index is 6.29. The van der Waals surface area contributed by atoms with E-state index in [9.17, 15) is 0 Å². The summed E-state index contributed by atoms with van der Waals surface area (Å²) in [5.41, 5.74) is 2.74. The van der Waals surface area contributed by atoms with E-state index in [-0.39, 0.29) is 0 Å². The Kier molecular flexibility index (Phi) is 5.33. The number of hydrogen-bond acceptors (Lipinski definition) is 4. The third-order valence-electron chi connectivity index (χ3n) is 3.69. The van der Waals surface area contributed by atoms with Crippen LogP contribution in [-0.4, -0.2) is 12.3 Å². The molecular formula is C16H20ClNS3. The number of nitrogens with one attached hydrogen (secondary N) is 1. The first-order valence-corrected chi connectivity index (χ1v) is 10.5. The van der Waals surface area contributed by atoms with E-state index in [4.69, 9.17) is 11.6 Å². The Bertz CT molecular complexity index is 574. The first-order valence-electron chi connectivity index (χ1n) is 7.37. The predicted octanol–water partition coefficient (Wildman–Crippen LogP) is 5.65. The number of rotatable bonds is 5. The van der Waals surface area contributed by atoms with Gasteiger partial charge >= 0.3 is 0 Å². The zero-order valence-corrected chi connectivity index (χ0v) is 15.6. The number of thiophene rings is 2. The van der Waals surface area contributed by atoms with Crippen LogP contribution in [0.1, 0.15) is 45.1 Å². The summed E-state index contributed by atoms with van der Waals surface area (Å²) in [6.07, 6.45) is 2.38. The van der Waals surface area contributed by atoms with Gasteiger partial charge in [0.2, 0.25) is 0 Å². The second-order valence-corrected chi connectivity index (χ2v) is 9.35. The van der Waals surface area contributed by atoms with Crippen LogP contribution in [0, 0.1) is 6.92 Å². The average Bonchev–Trinajstić information content (AvgIpc) is 3.04. The molecule has 2 aromatic rings. The molecule has 0 saturated carbocycles. The molecule has 0 saturated heterocycles. The summed E-state index contributed by atoms with van der Waals surface area (Å²) < 4.78 is 0.921. The van der Waals surface area contributed by atoms with Crippen LogP contribution in [0.4, 0.5) is 0 Å². The van der Waals surface area contributed by atoms with Crippen LogP contribution in [0.25, 0.3) is 0 Å². The Morgan fingerprint density at radius 1 is 1.29 bits per heavy atom. The lowest BCUT2D eigenvalue weighted by atomic mass is 10.1. The van der Waals surface area contributed by atoms with Gasteiger partial charge in [-0.05, 0) is 55.3 Å².